The van der Waals surface area contributed by atoms with Gasteiger partial charge in [0.1, 0.15) is 18.3 Å². The van der Waals surface area contributed by atoms with Crippen molar-refractivity contribution in [1.29, 1.82) is 0 Å². The van der Waals surface area contributed by atoms with E-state index in [1.165, 1.54) is 48.4 Å². The fourth-order valence-corrected chi connectivity index (χ4v) is 5.68. The van der Waals surface area contributed by atoms with Crippen LogP contribution in [-0.2, 0) is 26.2 Å². The number of sulfonamides is 1. The molecule has 0 aliphatic carbocycles. The third-order valence-corrected chi connectivity index (χ3v) is 8.34. The van der Waals surface area contributed by atoms with Crippen LogP contribution in [0.2, 0.25) is 10.0 Å². The number of nitrogens with zero attached hydrogens (tertiary/aromatic N) is 2. The van der Waals surface area contributed by atoms with Crippen molar-refractivity contribution < 1.29 is 22.7 Å². The average molecular weight is 593 g/mol. The summed E-state index contributed by atoms with van der Waals surface area (Å²) in [5.41, 5.74) is 0.993. The summed E-state index contributed by atoms with van der Waals surface area (Å²) in [4.78, 5) is 28.3. The highest BCUT2D eigenvalue weighted by Gasteiger charge is 2.33. The van der Waals surface area contributed by atoms with Crippen LogP contribution in [0.3, 0.4) is 0 Å². The Morgan fingerprint density at radius 2 is 1.46 bits per heavy atom. The van der Waals surface area contributed by atoms with Crippen LogP contribution in [0.4, 0.5) is 5.69 Å². The van der Waals surface area contributed by atoms with Crippen molar-refractivity contribution in [3.63, 3.8) is 0 Å². The monoisotopic (exact) mass is 591 g/mol. The summed E-state index contributed by atoms with van der Waals surface area (Å²) in [6.07, 6.45) is 0.331. The van der Waals surface area contributed by atoms with Crippen LogP contribution < -0.4 is 14.4 Å². The lowest BCUT2D eigenvalue weighted by Crippen LogP contribution is -2.52. The molecule has 3 aromatic rings. The molecule has 3 rings (SSSR count). The molecule has 2 amide bonds. The third-order valence-electron chi connectivity index (χ3n) is 6.04. The zero-order chi connectivity index (χ0) is 28.6. The average Bonchev–Trinajstić information content (AvgIpc) is 2.93. The minimum atomic E-state index is -4.19. The Bertz CT molecular complexity index is 1370. The van der Waals surface area contributed by atoms with Gasteiger partial charge < -0.3 is 15.0 Å². The number of carbonyl (C=O) groups is 2. The van der Waals surface area contributed by atoms with Gasteiger partial charge in [0, 0.05) is 23.1 Å². The number of ether oxygens (including phenoxy) is 1. The van der Waals surface area contributed by atoms with Crippen LogP contribution in [0.1, 0.15) is 25.8 Å². The van der Waals surface area contributed by atoms with Crippen molar-refractivity contribution in [2.45, 2.75) is 37.8 Å². The molecule has 1 atom stereocenters. The summed E-state index contributed by atoms with van der Waals surface area (Å²) in [5, 5.41) is 3.72. The normalized spacial score (nSPS) is 11.9. The lowest BCUT2D eigenvalue weighted by Gasteiger charge is -2.33. The maximum Gasteiger partial charge on any atom is 0.264 e. The first kappa shape index (κ1) is 30.3. The van der Waals surface area contributed by atoms with Gasteiger partial charge in [0.25, 0.3) is 10.0 Å². The Labute approximate surface area is 239 Å². The van der Waals surface area contributed by atoms with Crippen molar-refractivity contribution in [3.05, 3.63) is 88.4 Å². The standard InChI is InChI=1S/C28H31Cl2N3O5S/c1-4-26(28(35)31-5-2)32(18-20-6-8-21(29)9-7-20)27(34)19-33(23-12-10-22(30)11-13-23)39(36,37)25-16-14-24(38-3)15-17-25/h6-17,26H,4-5,18-19H2,1-3H3,(H,31,35)/t26-/m1/s1. The maximum absolute atomic E-state index is 13.9. The van der Waals surface area contributed by atoms with E-state index in [-0.39, 0.29) is 23.0 Å². The highest BCUT2D eigenvalue weighted by molar-refractivity contribution is 7.92. The second kappa shape index (κ2) is 13.7. The largest absolute Gasteiger partial charge is 0.497 e. The Balaban J connectivity index is 2.04. The summed E-state index contributed by atoms with van der Waals surface area (Å²) in [6.45, 7) is 3.52. The Hall–Kier alpha value is -3.27. The summed E-state index contributed by atoms with van der Waals surface area (Å²) in [6, 6.07) is 18.1. The van der Waals surface area contributed by atoms with Crippen LogP contribution >= 0.6 is 23.2 Å². The Morgan fingerprint density at radius 1 is 0.897 bits per heavy atom. The quantitative estimate of drug-likeness (QED) is 0.314. The van der Waals surface area contributed by atoms with E-state index >= 15 is 0 Å². The van der Waals surface area contributed by atoms with Crippen molar-refractivity contribution in [1.82, 2.24) is 10.2 Å². The van der Waals surface area contributed by atoms with Gasteiger partial charge in [-0.15, -0.1) is 0 Å². The number of methoxy groups -OCH3 is 1. The fourth-order valence-electron chi connectivity index (χ4n) is 4.01. The molecule has 0 radical (unpaired) electrons. The van der Waals surface area contributed by atoms with E-state index in [0.717, 1.165) is 9.87 Å². The molecule has 0 saturated heterocycles. The second-order valence-electron chi connectivity index (χ2n) is 8.63. The number of benzene rings is 3. The predicted octanol–water partition coefficient (Wildman–Crippen LogP) is 5.14. The molecule has 39 heavy (non-hydrogen) atoms. The van der Waals surface area contributed by atoms with Crippen LogP contribution in [0.25, 0.3) is 0 Å². The van der Waals surface area contributed by atoms with Gasteiger partial charge in [-0.25, -0.2) is 8.42 Å². The van der Waals surface area contributed by atoms with Crippen molar-refractivity contribution in [3.8, 4) is 5.75 Å². The summed E-state index contributed by atoms with van der Waals surface area (Å²) >= 11 is 12.1. The number of carbonyl (C=O) groups excluding carboxylic acids is 2. The number of likely N-dealkylation sites (N-methyl/N-ethyl adjacent to an activating group) is 1. The molecular formula is C28H31Cl2N3O5S. The summed E-state index contributed by atoms with van der Waals surface area (Å²) in [7, 11) is -2.71. The first-order chi connectivity index (χ1) is 18.6. The highest BCUT2D eigenvalue weighted by Crippen LogP contribution is 2.27. The van der Waals surface area contributed by atoms with Gasteiger partial charge in [-0.05, 0) is 79.6 Å². The minimum Gasteiger partial charge on any atom is -0.497 e. The molecule has 0 unspecified atom stereocenters. The molecule has 0 heterocycles. The van der Waals surface area contributed by atoms with Gasteiger partial charge in [0.05, 0.1) is 17.7 Å². The number of rotatable bonds is 12. The molecule has 3 aromatic carbocycles. The molecule has 0 saturated carbocycles. The summed E-state index contributed by atoms with van der Waals surface area (Å²) in [5.74, 6) is -0.376. The van der Waals surface area contributed by atoms with E-state index in [0.29, 0.717) is 28.8 Å². The number of hydrogen-bond acceptors (Lipinski definition) is 5. The van der Waals surface area contributed by atoms with E-state index in [2.05, 4.69) is 5.32 Å². The molecule has 0 aromatic heterocycles. The van der Waals surface area contributed by atoms with E-state index in [1.807, 2.05) is 0 Å². The number of anilines is 1. The summed E-state index contributed by atoms with van der Waals surface area (Å²) < 4.78 is 33.8. The fraction of sp³-hybridized carbons (Fsp3) is 0.286. The SMILES string of the molecule is CCNC(=O)[C@@H](CC)N(Cc1ccc(Cl)cc1)C(=O)CN(c1ccc(Cl)cc1)S(=O)(=O)c1ccc(OC)cc1. The molecule has 1 N–H and O–H groups in total. The van der Waals surface area contributed by atoms with E-state index in [4.69, 9.17) is 27.9 Å². The maximum atomic E-state index is 13.9. The number of halogens is 2. The first-order valence-electron chi connectivity index (χ1n) is 12.3. The Morgan fingerprint density at radius 3 is 1.97 bits per heavy atom. The second-order valence-corrected chi connectivity index (χ2v) is 11.4. The number of nitrogens with one attached hydrogen (secondary N) is 1. The smallest absolute Gasteiger partial charge is 0.264 e. The molecule has 0 spiro atoms. The zero-order valence-electron chi connectivity index (χ0n) is 21.9. The van der Waals surface area contributed by atoms with Gasteiger partial charge in [0.2, 0.25) is 11.8 Å². The van der Waals surface area contributed by atoms with Crippen LogP contribution in [0, 0.1) is 0 Å². The molecule has 0 aliphatic heterocycles. The van der Waals surface area contributed by atoms with Crippen LogP contribution in [0.15, 0.2) is 77.7 Å². The van der Waals surface area contributed by atoms with Crippen molar-refractivity contribution in [2.75, 3.05) is 24.5 Å². The molecule has 0 aliphatic rings. The molecule has 0 bridgehead atoms. The third kappa shape index (κ3) is 7.65. The van der Waals surface area contributed by atoms with Crippen molar-refractivity contribution in [2.24, 2.45) is 0 Å². The highest BCUT2D eigenvalue weighted by atomic mass is 35.5. The lowest BCUT2D eigenvalue weighted by atomic mass is 10.1. The van der Waals surface area contributed by atoms with Gasteiger partial charge in [-0.3, -0.25) is 13.9 Å². The van der Waals surface area contributed by atoms with E-state index in [1.54, 1.807) is 50.2 Å². The number of hydrogen-bond donors (Lipinski definition) is 1. The first-order valence-corrected chi connectivity index (χ1v) is 14.5. The molecular weight excluding hydrogens is 561 g/mol. The Kier molecular flexibility index (Phi) is 10.6. The van der Waals surface area contributed by atoms with Crippen molar-refractivity contribution >= 4 is 50.7 Å². The molecule has 8 nitrogen and oxygen atoms in total. The number of amides is 2. The van der Waals surface area contributed by atoms with Gasteiger partial charge in [0.15, 0.2) is 0 Å². The zero-order valence-corrected chi connectivity index (χ0v) is 24.3. The predicted molar refractivity (Wildman–Crippen MR) is 154 cm³/mol. The van der Waals surface area contributed by atoms with Gasteiger partial charge in [-0.2, -0.15) is 0 Å². The van der Waals surface area contributed by atoms with Crippen LogP contribution in [0.5, 0.6) is 5.75 Å². The topological polar surface area (TPSA) is 96.0 Å². The molecule has 0 fully saturated rings. The van der Waals surface area contributed by atoms with Crippen LogP contribution in [-0.4, -0.2) is 51.4 Å². The molecule has 208 valence electrons. The minimum absolute atomic E-state index is 0.0222. The van der Waals surface area contributed by atoms with Gasteiger partial charge >= 0.3 is 0 Å². The van der Waals surface area contributed by atoms with E-state index < -0.39 is 28.5 Å². The lowest BCUT2D eigenvalue weighted by molar-refractivity contribution is -0.140. The van der Waals surface area contributed by atoms with Gasteiger partial charge in [-0.1, -0.05) is 42.3 Å². The molecule has 11 heteroatoms. The van der Waals surface area contributed by atoms with E-state index in [9.17, 15) is 18.0 Å².